The van der Waals surface area contributed by atoms with E-state index in [1.807, 2.05) is 0 Å². The van der Waals surface area contributed by atoms with Crippen molar-refractivity contribution in [3.05, 3.63) is 75.3 Å². The summed E-state index contributed by atoms with van der Waals surface area (Å²) in [6.45, 7) is -0.390. The quantitative estimate of drug-likeness (QED) is 0.379. The Balaban J connectivity index is 2.42. The fraction of sp³-hybridized carbons (Fsp3) is 0.0714. The lowest BCUT2D eigenvalue weighted by atomic mass is 9.98. The van der Waals surface area contributed by atoms with Crippen molar-refractivity contribution in [2.24, 2.45) is 0 Å². The first kappa shape index (κ1) is 16.0. The van der Waals surface area contributed by atoms with E-state index in [0.29, 0.717) is 5.56 Å². The maximum absolute atomic E-state index is 12.4. The second-order valence-corrected chi connectivity index (χ2v) is 4.94. The number of non-ortho nitro benzene ring substituents is 1. The first-order valence-corrected chi connectivity index (χ1v) is 7.13. The normalized spacial score (nSPS) is 11.9. The summed E-state index contributed by atoms with van der Waals surface area (Å²) in [6.07, 6.45) is 0. The zero-order chi connectivity index (χ0) is 16.1. The molecule has 7 nitrogen and oxygen atoms in total. The second kappa shape index (κ2) is 7.03. The molecule has 1 atom stereocenters. The molecular formula is C14H11NO6S. The van der Waals surface area contributed by atoms with Crippen LogP contribution in [-0.4, -0.2) is 19.5 Å². The molecule has 0 saturated heterocycles. The van der Waals surface area contributed by atoms with Crippen molar-refractivity contribution in [1.82, 2.24) is 0 Å². The Kier molecular flexibility index (Phi) is 5.10. The standard InChI is InChI=1S/C14H11NO6S/c16-14(10-4-2-1-3-5-10)13-7-6-12(15(17)18)8-11(13)9-21-22(19)20/h1-8H,9H2,(H,19,20). The van der Waals surface area contributed by atoms with E-state index in [0.717, 1.165) is 6.07 Å². The first-order valence-electron chi connectivity index (χ1n) is 6.10. The highest BCUT2D eigenvalue weighted by Crippen LogP contribution is 2.21. The number of ketones is 1. The number of carbonyl (C=O) groups is 1. The number of hydrogen-bond donors (Lipinski definition) is 1. The monoisotopic (exact) mass is 321 g/mol. The van der Waals surface area contributed by atoms with Crippen LogP contribution in [0.15, 0.2) is 48.5 Å². The maximum Gasteiger partial charge on any atom is 0.302 e. The predicted octanol–water partition coefficient (Wildman–Crippen LogP) is 2.48. The summed E-state index contributed by atoms with van der Waals surface area (Å²) in [5, 5.41) is 10.8. The number of carbonyl (C=O) groups excluding carboxylic acids is 1. The third kappa shape index (κ3) is 3.82. The maximum atomic E-state index is 12.4. The van der Waals surface area contributed by atoms with Gasteiger partial charge in [-0.1, -0.05) is 30.3 Å². The molecule has 0 bridgehead atoms. The topological polar surface area (TPSA) is 107 Å². The van der Waals surface area contributed by atoms with Crippen LogP contribution in [0.25, 0.3) is 0 Å². The van der Waals surface area contributed by atoms with Crippen molar-refractivity contribution in [3.63, 3.8) is 0 Å². The SMILES string of the molecule is O=C(c1ccccc1)c1ccc([N+](=O)[O-])cc1COS(=O)O. The average Bonchev–Trinajstić information content (AvgIpc) is 2.52. The van der Waals surface area contributed by atoms with Gasteiger partial charge in [-0.25, -0.2) is 0 Å². The van der Waals surface area contributed by atoms with Gasteiger partial charge in [-0.2, -0.15) is 4.21 Å². The lowest BCUT2D eigenvalue weighted by molar-refractivity contribution is -0.384. The molecular weight excluding hydrogens is 310 g/mol. The van der Waals surface area contributed by atoms with Gasteiger partial charge in [-0.05, 0) is 11.6 Å². The smallest absolute Gasteiger partial charge is 0.289 e. The highest BCUT2D eigenvalue weighted by Gasteiger charge is 2.18. The molecule has 0 aromatic heterocycles. The largest absolute Gasteiger partial charge is 0.302 e. The number of nitrogens with zero attached hydrogens (tertiary/aromatic N) is 1. The average molecular weight is 321 g/mol. The van der Waals surface area contributed by atoms with Crippen LogP contribution in [0.4, 0.5) is 5.69 Å². The molecule has 0 radical (unpaired) electrons. The molecule has 2 aromatic rings. The minimum atomic E-state index is -2.53. The Labute approximate surface area is 128 Å². The third-order valence-electron chi connectivity index (χ3n) is 2.90. The number of benzene rings is 2. The van der Waals surface area contributed by atoms with Crippen molar-refractivity contribution in [1.29, 1.82) is 0 Å². The molecule has 0 amide bonds. The molecule has 0 heterocycles. The van der Waals surface area contributed by atoms with Gasteiger partial charge in [-0.3, -0.25) is 23.6 Å². The van der Waals surface area contributed by atoms with E-state index in [1.54, 1.807) is 30.3 Å². The number of nitro groups is 1. The zero-order valence-electron chi connectivity index (χ0n) is 11.2. The van der Waals surface area contributed by atoms with E-state index >= 15 is 0 Å². The van der Waals surface area contributed by atoms with E-state index < -0.39 is 22.9 Å². The van der Waals surface area contributed by atoms with Crippen LogP contribution < -0.4 is 0 Å². The second-order valence-electron chi connectivity index (χ2n) is 4.27. The van der Waals surface area contributed by atoms with Crippen molar-refractivity contribution in [3.8, 4) is 0 Å². The fourth-order valence-corrected chi connectivity index (χ4v) is 2.12. The van der Waals surface area contributed by atoms with E-state index in [4.69, 9.17) is 4.55 Å². The van der Waals surface area contributed by atoms with Crippen LogP contribution in [0.5, 0.6) is 0 Å². The molecule has 0 aliphatic carbocycles. The van der Waals surface area contributed by atoms with Gasteiger partial charge in [0.25, 0.3) is 5.69 Å². The lowest BCUT2D eigenvalue weighted by Gasteiger charge is -2.08. The van der Waals surface area contributed by atoms with Gasteiger partial charge in [0.1, 0.15) is 0 Å². The summed E-state index contributed by atoms with van der Waals surface area (Å²) in [6, 6.07) is 12.0. The molecule has 2 aromatic carbocycles. The minimum absolute atomic E-state index is 0.172. The van der Waals surface area contributed by atoms with Gasteiger partial charge >= 0.3 is 11.4 Å². The predicted molar refractivity (Wildman–Crippen MR) is 78.5 cm³/mol. The number of hydrogen-bond acceptors (Lipinski definition) is 5. The summed E-state index contributed by atoms with van der Waals surface area (Å²) in [5.74, 6) is -0.349. The van der Waals surface area contributed by atoms with Gasteiger partial charge < -0.3 is 0 Å². The van der Waals surface area contributed by atoms with Gasteiger partial charge in [0.05, 0.1) is 11.5 Å². The summed E-state index contributed by atoms with van der Waals surface area (Å²) < 4.78 is 23.8. The van der Waals surface area contributed by atoms with E-state index in [-0.39, 0.29) is 22.6 Å². The van der Waals surface area contributed by atoms with Crippen molar-refractivity contribution >= 4 is 22.8 Å². The number of rotatable bonds is 6. The molecule has 114 valence electrons. The van der Waals surface area contributed by atoms with Gasteiger partial charge in [0, 0.05) is 23.3 Å². The molecule has 22 heavy (non-hydrogen) atoms. The van der Waals surface area contributed by atoms with Gasteiger partial charge in [-0.15, -0.1) is 0 Å². The van der Waals surface area contributed by atoms with E-state index in [2.05, 4.69) is 4.18 Å². The van der Waals surface area contributed by atoms with E-state index in [1.165, 1.54) is 12.1 Å². The van der Waals surface area contributed by atoms with Crippen molar-refractivity contribution < 1.29 is 22.7 Å². The molecule has 0 aliphatic rings. The number of nitro benzene ring substituents is 1. The molecule has 8 heteroatoms. The summed E-state index contributed by atoms with van der Waals surface area (Å²) in [5.41, 5.74) is 0.530. The van der Waals surface area contributed by atoms with Crippen LogP contribution >= 0.6 is 0 Å². The van der Waals surface area contributed by atoms with Crippen LogP contribution in [0.2, 0.25) is 0 Å². The molecule has 0 saturated carbocycles. The highest BCUT2D eigenvalue weighted by molar-refractivity contribution is 7.74. The molecule has 1 N–H and O–H groups in total. The molecule has 0 fully saturated rings. The van der Waals surface area contributed by atoms with Crippen LogP contribution in [0, 0.1) is 10.1 Å². The Hall–Kier alpha value is -2.42. The minimum Gasteiger partial charge on any atom is -0.289 e. The summed E-state index contributed by atoms with van der Waals surface area (Å²) in [7, 11) is 0. The highest BCUT2D eigenvalue weighted by atomic mass is 32.2. The molecule has 0 spiro atoms. The Morgan fingerprint density at radius 2 is 1.91 bits per heavy atom. The Morgan fingerprint density at radius 3 is 2.50 bits per heavy atom. The Morgan fingerprint density at radius 1 is 1.23 bits per heavy atom. The van der Waals surface area contributed by atoms with Gasteiger partial charge in [0.15, 0.2) is 5.78 Å². The molecule has 0 aliphatic heterocycles. The molecule has 2 rings (SSSR count). The zero-order valence-corrected chi connectivity index (χ0v) is 12.0. The van der Waals surface area contributed by atoms with Gasteiger partial charge in [0.2, 0.25) is 0 Å². The Bertz CT molecular complexity index is 731. The van der Waals surface area contributed by atoms with Crippen molar-refractivity contribution in [2.75, 3.05) is 0 Å². The molecule has 1 unspecified atom stereocenters. The van der Waals surface area contributed by atoms with Crippen LogP contribution in [-0.2, 0) is 22.2 Å². The van der Waals surface area contributed by atoms with Crippen LogP contribution in [0.1, 0.15) is 21.5 Å². The van der Waals surface area contributed by atoms with E-state index in [9.17, 15) is 19.1 Å². The van der Waals surface area contributed by atoms with Crippen LogP contribution in [0.3, 0.4) is 0 Å². The third-order valence-corrected chi connectivity index (χ3v) is 3.21. The summed E-state index contributed by atoms with van der Waals surface area (Å²) in [4.78, 5) is 22.6. The summed E-state index contributed by atoms with van der Waals surface area (Å²) >= 11 is -2.53. The fourth-order valence-electron chi connectivity index (χ4n) is 1.89. The van der Waals surface area contributed by atoms with Crippen molar-refractivity contribution in [2.45, 2.75) is 6.61 Å². The lowest BCUT2D eigenvalue weighted by Crippen LogP contribution is -2.08. The first-order chi connectivity index (χ1) is 10.5.